The van der Waals surface area contributed by atoms with Crippen LogP contribution >= 0.6 is 0 Å². The predicted molar refractivity (Wildman–Crippen MR) is 59.2 cm³/mol. The summed E-state index contributed by atoms with van der Waals surface area (Å²) >= 11 is 0. The number of benzene rings is 1. The standard InChI is InChI=1S/C12H12O4/c1-8-4-3-5-10(6-7-11(14)15)12(8)16-9(2)13/h3-7H,1-2H3,(H,14,15)/b7-6-. The first-order chi connectivity index (χ1) is 7.50. The molecule has 4 heteroatoms. The molecule has 4 nitrogen and oxygen atoms in total. The molecule has 0 unspecified atom stereocenters. The fraction of sp³-hybridized carbons (Fsp3) is 0.167. The fourth-order valence-electron chi connectivity index (χ4n) is 1.25. The minimum Gasteiger partial charge on any atom is -0.478 e. The Morgan fingerprint density at radius 3 is 2.62 bits per heavy atom. The van der Waals surface area contributed by atoms with E-state index in [-0.39, 0.29) is 0 Å². The van der Waals surface area contributed by atoms with Gasteiger partial charge in [-0.3, -0.25) is 4.79 Å². The number of aryl methyl sites for hydroxylation is 1. The second-order valence-electron chi connectivity index (χ2n) is 3.26. The van der Waals surface area contributed by atoms with E-state index in [1.807, 2.05) is 0 Å². The normalized spacial score (nSPS) is 10.4. The lowest BCUT2D eigenvalue weighted by Gasteiger charge is -2.08. The highest BCUT2D eigenvalue weighted by molar-refractivity contribution is 5.86. The Balaban J connectivity index is 3.12. The quantitative estimate of drug-likeness (QED) is 0.481. The molecule has 0 heterocycles. The Kier molecular flexibility index (Phi) is 3.83. The summed E-state index contributed by atoms with van der Waals surface area (Å²) < 4.78 is 5.03. The topological polar surface area (TPSA) is 63.6 Å². The van der Waals surface area contributed by atoms with E-state index in [1.54, 1.807) is 25.1 Å². The maximum Gasteiger partial charge on any atom is 0.328 e. The largest absolute Gasteiger partial charge is 0.478 e. The van der Waals surface area contributed by atoms with Gasteiger partial charge in [0, 0.05) is 18.6 Å². The number of rotatable bonds is 3. The summed E-state index contributed by atoms with van der Waals surface area (Å²) in [5.41, 5.74) is 1.35. The van der Waals surface area contributed by atoms with Gasteiger partial charge in [0.1, 0.15) is 5.75 Å². The predicted octanol–water partition coefficient (Wildman–Crippen LogP) is 2.02. The van der Waals surface area contributed by atoms with Crippen LogP contribution in [0.15, 0.2) is 24.3 Å². The number of carboxylic acids is 1. The molecule has 0 aromatic heterocycles. The van der Waals surface area contributed by atoms with E-state index in [0.29, 0.717) is 11.3 Å². The molecule has 0 saturated carbocycles. The molecule has 0 fully saturated rings. The first kappa shape index (κ1) is 12.0. The number of ether oxygens (including phenoxy) is 1. The third-order valence-corrected chi connectivity index (χ3v) is 1.89. The van der Waals surface area contributed by atoms with Gasteiger partial charge in [0.05, 0.1) is 0 Å². The highest BCUT2D eigenvalue weighted by Gasteiger charge is 2.07. The first-order valence-electron chi connectivity index (χ1n) is 4.69. The molecule has 1 aromatic carbocycles. The van der Waals surface area contributed by atoms with Crippen LogP contribution in [0.3, 0.4) is 0 Å². The van der Waals surface area contributed by atoms with Crippen molar-refractivity contribution in [3.05, 3.63) is 35.4 Å². The second-order valence-corrected chi connectivity index (χ2v) is 3.26. The van der Waals surface area contributed by atoms with Crippen LogP contribution < -0.4 is 4.74 Å². The van der Waals surface area contributed by atoms with Gasteiger partial charge in [-0.1, -0.05) is 18.2 Å². The molecule has 0 amide bonds. The molecule has 0 aliphatic rings. The van der Waals surface area contributed by atoms with Gasteiger partial charge in [0.25, 0.3) is 0 Å². The summed E-state index contributed by atoms with van der Waals surface area (Å²) in [6.45, 7) is 3.09. The van der Waals surface area contributed by atoms with Crippen LogP contribution in [0.2, 0.25) is 0 Å². The summed E-state index contributed by atoms with van der Waals surface area (Å²) in [6.07, 6.45) is 2.40. The summed E-state index contributed by atoms with van der Waals surface area (Å²) in [5.74, 6) is -1.08. The van der Waals surface area contributed by atoms with Crippen LogP contribution in [0.1, 0.15) is 18.1 Å². The minimum absolute atomic E-state index is 0.396. The molecule has 1 aromatic rings. The van der Waals surface area contributed by atoms with Crippen molar-refractivity contribution in [3.8, 4) is 5.75 Å². The van der Waals surface area contributed by atoms with Crippen molar-refractivity contribution in [2.24, 2.45) is 0 Å². The molecular weight excluding hydrogens is 208 g/mol. The summed E-state index contributed by atoms with van der Waals surface area (Å²) in [6, 6.07) is 5.24. The van der Waals surface area contributed by atoms with Gasteiger partial charge in [-0.05, 0) is 18.6 Å². The van der Waals surface area contributed by atoms with Crippen LogP contribution in [-0.2, 0) is 9.59 Å². The fourth-order valence-corrected chi connectivity index (χ4v) is 1.25. The number of hydrogen-bond acceptors (Lipinski definition) is 3. The Morgan fingerprint density at radius 1 is 1.38 bits per heavy atom. The van der Waals surface area contributed by atoms with E-state index in [9.17, 15) is 9.59 Å². The molecule has 1 N–H and O–H groups in total. The average molecular weight is 220 g/mol. The highest BCUT2D eigenvalue weighted by Crippen LogP contribution is 2.24. The molecule has 0 bridgehead atoms. The lowest BCUT2D eigenvalue weighted by Crippen LogP contribution is -2.04. The van der Waals surface area contributed by atoms with E-state index >= 15 is 0 Å². The van der Waals surface area contributed by atoms with Gasteiger partial charge in [-0.15, -0.1) is 0 Å². The Bertz CT molecular complexity index is 446. The third kappa shape index (κ3) is 3.24. The molecule has 84 valence electrons. The van der Waals surface area contributed by atoms with Gasteiger partial charge in [0.2, 0.25) is 0 Å². The first-order valence-corrected chi connectivity index (χ1v) is 4.69. The molecule has 16 heavy (non-hydrogen) atoms. The molecule has 0 aliphatic carbocycles. The third-order valence-electron chi connectivity index (χ3n) is 1.89. The highest BCUT2D eigenvalue weighted by atomic mass is 16.5. The number of aliphatic carboxylic acids is 1. The summed E-state index contributed by atoms with van der Waals surface area (Å²) in [5, 5.41) is 8.52. The van der Waals surface area contributed by atoms with Crippen molar-refractivity contribution >= 4 is 18.0 Å². The number of para-hydroxylation sites is 1. The molecule has 0 atom stereocenters. The van der Waals surface area contributed by atoms with Gasteiger partial charge in [-0.2, -0.15) is 0 Å². The van der Waals surface area contributed by atoms with E-state index in [0.717, 1.165) is 11.6 Å². The van der Waals surface area contributed by atoms with Crippen molar-refractivity contribution in [1.82, 2.24) is 0 Å². The van der Waals surface area contributed by atoms with Crippen molar-refractivity contribution in [3.63, 3.8) is 0 Å². The minimum atomic E-state index is -1.05. The maximum absolute atomic E-state index is 10.9. The summed E-state index contributed by atoms with van der Waals surface area (Å²) in [7, 11) is 0. The van der Waals surface area contributed by atoms with Gasteiger partial charge in [-0.25, -0.2) is 4.79 Å². The molecular formula is C12H12O4. The van der Waals surface area contributed by atoms with E-state index in [1.165, 1.54) is 13.0 Å². The van der Waals surface area contributed by atoms with Crippen LogP contribution in [-0.4, -0.2) is 17.0 Å². The van der Waals surface area contributed by atoms with Gasteiger partial charge < -0.3 is 9.84 Å². The van der Waals surface area contributed by atoms with Crippen molar-refractivity contribution in [1.29, 1.82) is 0 Å². The van der Waals surface area contributed by atoms with Crippen molar-refractivity contribution < 1.29 is 19.4 Å². The van der Waals surface area contributed by atoms with Gasteiger partial charge >= 0.3 is 11.9 Å². The SMILES string of the molecule is CC(=O)Oc1c(C)cccc1/C=C\C(=O)O. The smallest absolute Gasteiger partial charge is 0.328 e. The molecule has 0 saturated heterocycles. The Hall–Kier alpha value is -2.10. The Morgan fingerprint density at radius 2 is 2.06 bits per heavy atom. The number of esters is 1. The zero-order valence-corrected chi connectivity index (χ0v) is 9.06. The Labute approximate surface area is 93.2 Å². The van der Waals surface area contributed by atoms with Gasteiger partial charge in [0.15, 0.2) is 0 Å². The lowest BCUT2D eigenvalue weighted by atomic mass is 10.1. The van der Waals surface area contributed by atoms with E-state index in [4.69, 9.17) is 9.84 Å². The maximum atomic E-state index is 10.9. The number of carbonyl (C=O) groups excluding carboxylic acids is 1. The monoisotopic (exact) mass is 220 g/mol. The van der Waals surface area contributed by atoms with Crippen LogP contribution in [0, 0.1) is 6.92 Å². The number of carbonyl (C=O) groups is 2. The second kappa shape index (κ2) is 5.11. The van der Waals surface area contributed by atoms with Crippen LogP contribution in [0.5, 0.6) is 5.75 Å². The zero-order valence-electron chi connectivity index (χ0n) is 9.06. The van der Waals surface area contributed by atoms with Crippen molar-refractivity contribution in [2.75, 3.05) is 0 Å². The van der Waals surface area contributed by atoms with E-state index in [2.05, 4.69) is 0 Å². The molecule has 0 spiro atoms. The number of carboxylic acid groups (broad SMARTS) is 1. The average Bonchev–Trinajstić information content (AvgIpc) is 2.18. The zero-order chi connectivity index (χ0) is 12.1. The molecule has 0 radical (unpaired) electrons. The number of hydrogen-bond donors (Lipinski definition) is 1. The van der Waals surface area contributed by atoms with Crippen LogP contribution in [0.4, 0.5) is 0 Å². The van der Waals surface area contributed by atoms with E-state index < -0.39 is 11.9 Å². The lowest BCUT2D eigenvalue weighted by molar-refractivity contribution is -0.132. The molecule has 1 rings (SSSR count). The molecule has 0 aliphatic heterocycles. The summed E-state index contributed by atoms with van der Waals surface area (Å²) in [4.78, 5) is 21.3. The van der Waals surface area contributed by atoms with Crippen molar-refractivity contribution in [2.45, 2.75) is 13.8 Å². The van der Waals surface area contributed by atoms with Crippen LogP contribution in [0.25, 0.3) is 6.08 Å².